The van der Waals surface area contributed by atoms with Crippen LogP contribution in [0.25, 0.3) is 0 Å². The van der Waals surface area contributed by atoms with Crippen LogP contribution in [-0.2, 0) is 0 Å². The Morgan fingerprint density at radius 1 is 0.783 bits per heavy atom. The lowest BCUT2D eigenvalue weighted by atomic mass is 10.2. The first-order valence-electron chi connectivity index (χ1n) is 8.84. The summed E-state index contributed by atoms with van der Waals surface area (Å²) in [4.78, 5) is 10.2. The molecule has 0 atom stereocenters. The van der Waals surface area contributed by atoms with Gasteiger partial charge in [0.15, 0.2) is 0 Å². The minimum Gasteiger partial charge on any atom is -0.465 e. The van der Waals surface area contributed by atoms with Crippen LogP contribution >= 0.6 is 0 Å². The van der Waals surface area contributed by atoms with Gasteiger partial charge in [-0.2, -0.15) is 0 Å². The van der Waals surface area contributed by atoms with Gasteiger partial charge < -0.3 is 10.4 Å². The van der Waals surface area contributed by atoms with Gasteiger partial charge in [0.1, 0.15) is 0 Å². The molecule has 0 saturated heterocycles. The van der Waals surface area contributed by atoms with Crippen molar-refractivity contribution in [3.63, 3.8) is 0 Å². The first kappa shape index (κ1) is 21.2. The van der Waals surface area contributed by atoms with Crippen LogP contribution in [0.4, 0.5) is 4.79 Å². The van der Waals surface area contributed by atoms with Crippen molar-refractivity contribution in [2.45, 2.75) is 64.7 Å². The number of rotatable bonds is 14. The molecule has 23 heavy (non-hydrogen) atoms. The average Bonchev–Trinajstić information content (AvgIpc) is 2.53. The van der Waals surface area contributed by atoms with E-state index in [9.17, 15) is 4.79 Å². The summed E-state index contributed by atoms with van der Waals surface area (Å²) in [5.41, 5.74) is 0. The average molecular weight is 319 g/mol. The molecule has 0 aliphatic rings. The summed E-state index contributed by atoms with van der Waals surface area (Å²) in [7, 11) is 0. The third-order valence-corrected chi connectivity index (χ3v) is 3.28. The van der Waals surface area contributed by atoms with Crippen molar-refractivity contribution < 1.29 is 9.90 Å². The molecule has 0 fully saturated rings. The Morgan fingerprint density at radius 3 is 1.74 bits per heavy atom. The van der Waals surface area contributed by atoms with E-state index in [4.69, 9.17) is 5.11 Å². The van der Waals surface area contributed by atoms with Gasteiger partial charge in [0.2, 0.25) is 0 Å². The Bertz CT molecular complexity index is 381. The molecule has 0 spiro atoms. The van der Waals surface area contributed by atoms with Crippen LogP contribution in [-0.4, -0.2) is 17.7 Å². The van der Waals surface area contributed by atoms with Gasteiger partial charge in [-0.1, -0.05) is 68.4 Å². The summed E-state index contributed by atoms with van der Waals surface area (Å²) >= 11 is 0. The van der Waals surface area contributed by atoms with Crippen LogP contribution in [0.5, 0.6) is 0 Å². The van der Waals surface area contributed by atoms with Crippen LogP contribution in [0.3, 0.4) is 0 Å². The SMILES string of the molecule is CCCCCC=CCC=CCC=CCC=CCCCNC(=O)O. The van der Waals surface area contributed by atoms with Crippen molar-refractivity contribution >= 4 is 6.09 Å². The number of hydrogen-bond acceptors (Lipinski definition) is 1. The molecule has 3 heteroatoms. The van der Waals surface area contributed by atoms with Gasteiger partial charge in [-0.25, -0.2) is 4.79 Å². The highest BCUT2D eigenvalue weighted by molar-refractivity contribution is 5.64. The van der Waals surface area contributed by atoms with Crippen LogP contribution in [0.15, 0.2) is 48.6 Å². The highest BCUT2D eigenvalue weighted by Crippen LogP contribution is 2.01. The maximum absolute atomic E-state index is 10.2. The standard InChI is InChI=1S/C20H33NO2/c1-2-3-4-5-6-7-8-9-10-11-12-13-14-15-16-17-18-19-21-20(22)23/h6-7,9-10,12-13,15-16,21H,2-5,8,11,14,17-19H2,1H3,(H,22,23). The van der Waals surface area contributed by atoms with Crippen molar-refractivity contribution in [2.24, 2.45) is 0 Å². The van der Waals surface area contributed by atoms with E-state index in [0.29, 0.717) is 6.54 Å². The molecular formula is C20H33NO2. The smallest absolute Gasteiger partial charge is 0.404 e. The molecule has 0 aromatic carbocycles. The second-order valence-corrected chi connectivity index (χ2v) is 5.46. The van der Waals surface area contributed by atoms with Crippen molar-refractivity contribution in [3.05, 3.63) is 48.6 Å². The second-order valence-electron chi connectivity index (χ2n) is 5.46. The Balaban J connectivity index is 3.39. The molecule has 130 valence electrons. The monoisotopic (exact) mass is 319 g/mol. The van der Waals surface area contributed by atoms with E-state index in [0.717, 1.165) is 32.1 Å². The maximum atomic E-state index is 10.2. The first-order valence-corrected chi connectivity index (χ1v) is 8.84. The number of allylic oxidation sites excluding steroid dienone is 8. The highest BCUT2D eigenvalue weighted by atomic mass is 16.4. The lowest BCUT2D eigenvalue weighted by molar-refractivity contribution is 0.194. The van der Waals surface area contributed by atoms with Crippen LogP contribution in [0.1, 0.15) is 64.7 Å². The molecule has 0 unspecified atom stereocenters. The zero-order valence-corrected chi connectivity index (χ0v) is 14.5. The van der Waals surface area contributed by atoms with E-state index in [1.165, 1.54) is 25.7 Å². The number of nitrogens with one attached hydrogen (secondary N) is 1. The number of hydrogen-bond donors (Lipinski definition) is 2. The zero-order valence-electron chi connectivity index (χ0n) is 14.5. The van der Waals surface area contributed by atoms with E-state index < -0.39 is 6.09 Å². The molecule has 0 aliphatic carbocycles. The molecule has 0 radical (unpaired) electrons. The third kappa shape index (κ3) is 20.2. The predicted molar refractivity (Wildman–Crippen MR) is 99.8 cm³/mol. The highest BCUT2D eigenvalue weighted by Gasteiger charge is 1.90. The van der Waals surface area contributed by atoms with E-state index in [-0.39, 0.29) is 0 Å². The van der Waals surface area contributed by atoms with Crippen molar-refractivity contribution in [2.75, 3.05) is 6.54 Å². The molecule has 1 amide bonds. The summed E-state index contributed by atoms with van der Waals surface area (Å²) in [6.07, 6.45) is 26.4. The van der Waals surface area contributed by atoms with Crippen molar-refractivity contribution in [3.8, 4) is 0 Å². The molecule has 0 rings (SSSR count). The number of amides is 1. The summed E-state index contributed by atoms with van der Waals surface area (Å²) in [6, 6.07) is 0. The summed E-state index contributed by atoms with van der Waals surface area (Å²) < 4.78 is 0. The van der Waals surface area contributed by atoms with Gasteiger partial charge in [0.05, 0.1) is 0 Å². The quantitative estimate of drug-likeness (QED) is 0.304. The molecular weight excluding hydrogens is 286 g/mol. The molecule has 0 bridgehead atoms. The fourth-order valence-corrected chi connectivity index (χ4v) is 1.98. The van der Waals surface area contributed by atoms with E-state index in [1.54, 1.807) is 0 Å². The fraction of sp³-hybridized carbons (Fsp3) is 0.550. The third-order valence-electron chi connectivity index (χ3n) is 3.28. The van der Waals surface area contributed by atoms with E-state index in [2.05, 4.69) is 60.8 Å². The van der Waals surface area contributed by atoms with Gasteiger partial charge in [0, 0.05) is 6.54 Å². The molecule has 0 aromatic rings. The van der Waals surface area contributed by atoms with Gasteiger partial charge >= 0.3 is 6.09 Å². The molecule has 0 heterocycles. The van der Waals surface area contributed by atoms with Gasteiger partial charge in [-0.3, -0.25) is 0 Å². The Morgan fingerprint density at radius 2 is 1.26 bits per heavy atom. The van der Waals surface area contributed by atoms with E-state index >= 15 is 0 Å². The number of carbonyl (C=O) groups is 1. The molecule has 0 aromatic heterocycles. The van der Waals surface area contributed by atoms with Crippen LogP contribution in [0.2, 0.25) is 0 Å². The van der Waals surface area contributed by atoms with Crippen LogP contribution in [0, 0.1) is 0 Å². The number of carboxylic acid groups (broad SMARTS) is 1. The Kier molecular flexibility index (Phi) is 16.9. The molecule has 0 aliphatic heterocycles. The molecule has 3 nitrogen and oxygen atoms in total. The van der Waals surface area contributed by atoms with Gasteiger partial charge in [0.25, 0.3) is 0 Å². The summed E-state index contributed by atoms with van der Waals surface area (Å²) in [5, 5.41) is 10.8. The largest absolute Gasteiger partial charge is 0.465 e. The van der Waals surface area contributed by atoms with Gasteiger partial charge in [-0.05, 0) is 44.9 Å². The van der Waals surface area contributed by atoms with E-state index in [1.807, 2.05) is 0 Å². The zero-order chi connectivity index (χ0) is 17.0. The molecule has 2 N–H and O–H groups in total. The first-order chi connectivity index (χ1) is 11.3. The fourth-order valence-electron chi connectivity index (χ4n) is 1.98. The lowest BCUT2D eigenvalue weighted by Gasteiger charge is -1.96. The Labute approximate surface area is 141 Å². The second kappa shape index (κ2) is 18.3. The van der Waals surface area contributed by atoms with Crippen molar-refractivity contribution in [1.29, 1.82) is 0 Å². The maximum Gasteiger partial charge on any atom is 0.404 e. The minimum atomic E-state index is -0.947. The molecule has 0 saturated carbocycles. The summed E-state index contributed by atoms with van der Waals surface area (Å²) in [6.45, 7) is 2.75. The van der Waals surface area contributed by atoms with Crippen molar-refractivity contribution in [1.82, 2.24) is 5.32 Å². The lowest BCUT2D eigenvalue weighted by Crippen LogP contribution is -2.21. The van der Waals surface area contributed by atoms with Gasteiger partial charge in [-0.15, -0.1) is 0 Å². The Hall–Kier alpha value is -1.77. The number of unbranched alkanes of at least 4 members (excludes halogenated alkanes) is 4. The summed E-state index contributed by atoms with van der Waals surface area (Å²) in [5.74, 6) is 0. The predicted octanol–water partition coefficient (Wildman–Crippen LogP) is 6.01. The van der Waals surface area contributed by atoms with Crippen LogP contribution < -0.4 is 5.32 Å². The minimum absolute atomic E-state index is 0.521. The normalized spacial score (nSPS) is 12.2. The topological polar surface area (TPSA) is 49.3 Å².